The normalized spacial score (nSPS) is 27.1. The number of rotatable bonds is 1. The summed E-state index contributed by atoms with van der Waals surface area (Å²) < 4.78 is 5.15. The predicted molar refractivity (Wildman–Crippen MR) is 41.6 cm³/mol. The number of hydrogen-bond donors (Lipinski definition) is 1. The minimum atomic E-state index is -0.160. The van der Waals surface area contributed by atoms with Crippen LogP contribution in [0.4, 0.5) is 0 Å². The van der Waals surface area contributed by atoms with Crippen LogP contribution < -0.4 is 5.73 Å². The molecule has 0 spiro atoms. The number of nitrogens with two attached hydrogens (primary N) is 1. The van der Waals surface area contributed by atoms with E-state index < -0.39 is 0 Å². The Morgan fingerprint density at radius 1 is 1.80 bits per heavy atom. The Balaban J connectivity index is 2.64. The molecular formula is C7H10ClNO. The molecule has 10 heavy (non-hydrogen) atoms. The molecule has 0 aromatic heterocycles. The van der Waals surface area contributed by atoms with Gasteiger partial charge in [-0.15, -0.1) is 0 Å². The van der Waals surface area contributed by atoms with Gasteiger partial charge in [-0.1, -0.05) is 11.6 Å². The van der Waals surface area contributed by atoms with Crippen LogP contribution in [0.5, 0.6) is 0 Å². The van der Waals surface area contributed by atoms with Gasteiger partial charge in [0, 0.05) is 6.04 Å². The van der Waals surface area contributed by atoms with Crippen LogP contribution in [0.3, 0.4) is 0 Å². The summed E-state index contributed by atoms with van der Waals surface area (Å²) in [7, 11) is 0. The summed E-state index contributed by atoms with van der Waals surface area (Å²) in [6, 6.07) is -0.0614. The van der Waals surface area contributed by atoms with Crippen molar-refractivity contribution in [3.05, 3.63) is 23.4 Å². The number of allylic oxidation sites excluding steroid dienone is 2. The van der Waals surface area contributed by atoms with Crippen molar-refractivity contribution in [2.75, 3.05) is 0 Å². The Labute approximate surface area is 65.3 Å². The van der Waals surface area contributed by atoms with E-state index in [-0.39, 0.29) is 12.1 Å². The van der Waals surface area contributed by atoms with Gasteiger partial charge in [0.05, 0.1) is 11.3 Å². The second-order valence-electron chi connectivity index (χ2n) is 2.30. The SMILES string of the molecule is C[C@H](N)C1OC=CC=C1Cl. The van der Waals surface area contributed by atoms with Gasteiger partial charge in [-0.25, -0.2) is 0 Å². The number of ether oxygens (including phenoxy) is 1. The lowest BCUT2D eigenvalue weighted by Gasteiger charge is -2.21. The first kappa shape index (κ1) is 7.63. The molecule has 0 bridgehead atoms. The second-order valence-corrected chi connectivity index (χ2v) is 2.73. The topological polar surface area (TPSA) is 35.2 Å². The van der Waals surface area contributed by atoms with Crippen molar-refractivity contribution in [2.45, 2.75) is 19.1 Å². The van der Waals surface area contributed by atoms with Gasteiger partial charge in [0.1, 0.15) is 6.10 Å². The lowest BCUT2D eigenvalue weighted by Crippen LogP contribution is -2.33. The highest BCUT2D eigenvalue weighted by Gasteiger charge is 2.18. The van der Waals surface area contributed by atoms with Crippen molar-refractivity contribution in [2.24, 2.45) is 5.73 Å². The van der Waals surface area contributed by atoms with Crippen molar-refractivity contribution in [1.82, 2.24) is 0 Å². The summed E-state index contributed by atoms with van der Waals surface area (Å²) in [6.07, 6.45) is 4.98. The van der Waals surface area contributed by atoms with E-state index >= 15 is 0 Å². The zero-order chi connectivity index (χ0) is 7.56. The molecule has 0 aromatic rings. The van der Waals surface area contributed by atoms with Gasteiger partial charge in [-0.05, 0) is 19.1 Å². The highest BCUT2D eigenvalue weighted by Crippen LogP contribution is 2.18. The quantitative estimate of drug-likeness (QED) is 0.627. The molecule has 0 saturated carbocycles. The maximum atomic E-state index is 5.78. The summed E-state index contributed by atoms with van der Waals surface area (Å²) in [6.45, 7) is 1.86. The monoisotopic (exact) mass is 159 g/mol. The lowest BCUT2D eigenvalue weighted by molar-refractivity contribution is 0.158. The molecule has 1 rings (SSSR count). The van der Waals surface area contributed by atoms with Gasteiger partial charge in [-0.2, -0.15) is 0 Å². The number of halogens is 1. The molecule has 1 aliphatic rings. The molecule has 1 aliphatic heterocycles. The third kappa shape index (κ3) is 1.52. The Hall–Kier alpha value is -0.470. The Kier molecular flexibility index (Phi) is 2.35. The van der Waals surface area contributed by atoms with Crippen LogP contribution in [-0.4, -0.2) is 12.1 Å². The molecule has 0 fully saturated rings. The van der Waals surface area contributed by atoms with Gasteiger partial charge in [0.25, 0.3) is 0 Å². The predicted octanol–water partition coefficient (Wildman–Crippen LogP) is 1.37. The maximum absolute atomic E-state index is 5.78. The minimum absolute atomic E-state index is 0.0614. The second kappa shape index (κ2) is 3.08. The van der Waals surface area contributed by atoms with Crippen molar-refractivity contribution < 1.29 is 4.74 Å². The standard InChI is InChI=1S/C7H10ClNO/c1-5(9)7-6(8)3-2-4-10-7/h2-5,7H,9H2,1H3/t5-,7?/m0/s1. The number of hydrogen-bond acceptors (Lipinski definition) is 2. The molecule has 3 heteroatoms. The first-order valence-electron chi connectivity index (χ1n) is 3.15. The Bertz CT molecular complexity index is 174. The molecule has 0 radical (unpaired) electrons. The van der Waals surface area contributed by atoms with E-state index in [1.54, 1.807) is 18.4 Å². The largest absolute Gasteiger partial charge is 0.491 e. The smallest absolute Gasteiger partial charge is 0.148 e. The van der Waals surface area contributed by atoms with E-state index in [4.69, 9.17) is 22.1 Å². The zero-order valence-corrected chi connectivity index (χ0v) is 6.51. The van der Waals surface area contributed by atoms with Crippen LogP contribution in [0.1, 0.15) is 6.92 Å². The van der Waals surface area contributed by atoms with Crippen molar-refractivity contribution in [1.29, 1.82) is 0 Å². The first-order chi connectivity index (χ1) is 4.72. The molecule has 2 nitrogen and oxygen atoms in total. The minimum Gasteiger partial charge on any atom is -0.491 e. The van der Waals surface area contributed by atoms with Crippen LogP contribution in [0, 0.1) is 0 Å². The van der Waals surface area contributed by atoms with Gasteiger partial charge in [0.15, 0.2) is 0 Å². The Morgan fingerprint density at radius 3 is 2.90 bits per heavy atom. The van der Waals surface area contributed by atoms with Crippen molar-refractivity contribution in [3.63, 3.8) is 0 Å². The van der Waals surface area contributed by atoms with Crippen LogP contribution in [0.25, 0.3) is 0 Å². The first-order valence-corrected chi connectivity index (χ1v) is 3.53. The van der Waals surface area contributed by atoms with E-state index in [1.165, 1.54) is 0 Å². The summed E-state index contributed by atoms with van der Waals surface area (Å²) in [5.74, 6) is 0. The Morgan fingerprint density at radius 2 is 2.50 bits per heavy atom. The molecule has 2 N–H and O–H groups in total. The third-order valence-corrected chi connectivity index (χ3v) is 1.65. The average molecular weight is 160 g/mol. The zero-order valence-electron chi connectivity index (χ0n) is 5.75. The summed E-state index contributed by atoms with van der Waals surface area (Å²) in [5.41, 5.74) is 5.57. The molecule has 1 heterocycles. The molecular weight excluding hydrogens is 150 g/mol. The molecule has 1 unspecified atom stereocenters. The van der Waals surface area contributed by atoms with Gasteiger partial charge < -0.3 is 10.5 Å². The molecule has 0 aliphatic carbocycles. The molecule has 0 aromatic carbocycles. The van der Waals surface area contributed by atoms with Gasteiger partial charge >= 0.3 is 0 Å². The van der Waals surface area contributed by atoms with Crippen LogP contribution in [0.2, 0.25) is 0 Å². The van der Waals surface area contributed by atoms with Gasteiger partial charge in [0.2, 0.25) is 0 Å². The van der Waals surface area contributed by atoms with Crippen LogP contribution >= 0.6 is 11.6 Å². The highest BCUT2D eigenvalue weighted by atomic mass is 35.5. The van der Waals surface area contributed by atoms with Crippen LogP contribution in [-0.2, 0) is 4.74 Å². The van der Waals surface area contributed by atoms with Crippen molar-refractivity contribution in [3.8, 4) is 0 Å². The fourth-order valence-electron chi connectivity index (χ4n) is 0.796. The van der Waals surface area contributed by atoms with Crippen LogP contribution in [0.15, 0.2) is 23.4 Å². The molecule has 0 saturated heterocycles. The fourth-order valence-corrected chi connectivity index (χ4v) is 1.12. The average Bonchev–Trinajstić information content (AvgIpc) is 1.88. The molecule has 2 atom stereocenters. The van der Waals surface area contributed by atoms with E-state index in [0.717, 1.165) is 0 Å². The van der Waals surface area contributed by atoms with E-state index in [2.05, 4.69) is 0 Å². The van der Waals surface area contributed by atoms with E-state index in [9.17, 15) is 0 Å². The molecule has 0 amide bonds. The van der Waals surface area contributed by atoms with E-state index in [1.807, 2.05) is 6.92 Å². The van der Waals surface area contributed by atoms with Crippen molar-refractivity contribution >= 4 is 11.6 Å². The fraction of sp³-hybridized carbons (Fsp3) is 0.429. The summed E-state index contributed by atoms with van der Waals surface area (Å²) >= 11 is 5.78. The highest BCUT2D eigenvalue weighted by molar-refractivity contribution is 6.30. The summed E-state index contributed by atoms with van der Waals surface area (Å²) in [5, 5.41) is 0.664. The maximum Gasteiger partial charge on any atom is 0.148 e. The summed E-state index contributed by atoms with van der Waals surface area (Å²) in [4.78, 5) is 0. The van der Waals surface area contributed by atoms with E-state index in [0.29, 0.717) is 5.03 Å². The third-order valence-electron chi connectivity index (χ3n) is 1.31. The molecule has 56 valence electrons. The lowest BCUT2D eigenvalue weighted by atomic mass is 10.1. The van der Waals surface area contributed by atoms with Gasteiger partial charge in [-0.3, -0.25) is 0 Å².